The summed E-state index contributed by atoms with van der Waals surface area (Å²) >= 11 is 0. The maximum absolute atomic E-state index is 12.5. The first kappa shape index (κ1) is 20.2. The van der Waals surface area contributed by atoms with Crippen LogP contribution in [0.5, 0.6) is 17.2 Å². The summed E-state index contributed by atoms with van der Waals surface area (Å²) in [6, 6.07) is 6.22. The van der Waals surface area contributed by atoms with Crippen molar-refractivity contribution >= 4 is 17.4 Å². The van der Waals surface area contributed by atoms with Crippen molar-refractivity contribution in [2.24, 2.45) is 10.7 Å². The van der Waals surface area contributed by atoms with E-state index in [-0.39, 0.29) is 40.6 Å². The number of carbonyl (C=O) groups is 1. The molecule has 31 heavy (non-hydrogen) atoms. The number of aromatic nitrogens is 2. The van der Waals surface area contributed by atoms with Crippen LogP contribution in [0.4, 0.5) is 5.82 Å². The highest BCUT2D eigenvalue weighted by Gasteiger charge is 2.32. The molecular formula is C21H20N4O6. The van der Waals surface area contributed by atoms with Gasteiger partial charge >= 0.3 is 5.63 Å². The van der Waals surface area contributed by atoms with Crippen LogP contribution >= 0.6 is 0 Å². The number of aryl methyl sites for hydroxylation is 1. The summed E-state index contributed by atoms with van der Waals surface area (Å²) in [6.45, 7) is 1.56. The van der Waals surface area contributed by atoms with Gasteiger partial charge in [-0.1, -0.05) is 6.07 Å². The molecule has 0 fully saturated rings. The van der Waals surface area contributed by atoms with Crippen molar-refractivity contribution in [3.63, 3.8) is 0 Å². The normalized spacial score (nSPS) is 15.2. The second kappa shape index (κ2) is 7.63. The fraction of sp³-hybridized carbons (Fsp3) is 0.238. The molecule has 0 unspecified atom stereocenters. The van der Waals surface area contributed by atoms with Crippen molar-refractivity contribution in [2.45, 2.75) is 19.4 Å². The van der Waals surface area contributed by atoms with E-state index < -0.39 is 17.6 Å². The lowest BCUT2D eigenvalue weighted by Crippen LogP contribution is -2.25. The number of primary amides is 1. The molecule has 10 nitrogen and oxygen atoms in total. The Hall–Kier alpha value is -4.08. The van der Waals surface area contributed by atoms with E-state index >= 15 is 0 Å². The van der Waals surface area contributed by atoms with Gasteiger partial charge in [-0.05, 0) is 24.6 Å². The molecule has 3 aromatic rings. The highest BCUT2D eigenvalue weighted by atomic mass is 16.5. The van der Waals surface area contributed by atoms with Crippen molar-refractivity contribution in [1.29, 1.82) is 0 Å². The van der Waals surface area contributed by atoms with Crippen LogP contribution in [0, 0.1) is 6.92 Å². The van der Waals surface area contributed by atoms with Crippen LogP contribution in [0.1, 0.15) is 39.7 Å². The highest BCUT2D eigenvalue weighted by Crippen LogP contribution is 2.39. The van der Waals surface area contributed by atoms with Crippen molar-refractivity contribution in [1.82, 2.24) is 9.78 Å². The summed E-state index contributed by atoms with van der Waals surface area (Å²) in [5, 5.41) is 14.7. The molecule has 1 aliphatic heterocycles. The number of aromatic hydroxyl groups is 1. The number of methoxy groups -OCH3 is 2. The lowest BCUT2D eigenvalue weighted by atomic mass is 9.95. The first-order valence-corrected chi connectivity index (χ1v) is 9.35. The molecule has 0 radical (unpaired) electrons. The molecule has 1 amide bonds. The fourth-order valence-corrected chi connectivity index (χ4v) is 3.65. The summed E-state index contributed by atoms with van der Waals surface area (Å²) in [7, 11) is 3.06. The molecule has 1 aromatic carbocycles. The van der Waals surface area contributed by atoms with Gasteiger partial charge in [0.05, 0.1) is 32.2 Å². The topological polar surface area (TPSA) is 142 Å². The largest absolute Gasteiger partial charge is 0.507 e. The molecular weight excluding hydrogens is 404 g/mol. The van der Waals surface area contributed by atoms with Crippen LogP contribution in [0.2, 0.25) is 0 Å². The van der Waals surface area contributed by atoms with Gasteiger partial charge in [0, 0.05) is 12.5 Å². The number of carbonyl (C=O) groups excluding carboxylic acids is 1. The zero-order valence-corrected chi connectivity index (χ0v) is 17.1. The Kier molecular flexibility index (Phi) is 4.97. The number of hydrogen-bond acceptors (Lipinski definition) is 8. The molecule has 0 spiro atoms. The monoisotopic (exact) mass is 424 g/mol. The van der Waals surface area contributed by atoms with Crippen molar-refractivity contribution in [3.8, 4) is 17.2 Å². The van der Waals surface area contributed by atoms with Crippen LogP contribution in [0.15, 0.2) is 44.7 Å². The van der Waals surface area contributed by atoms with E-state index in [1.54, 1.807) is 23.7 Å². The molecule has 0 saturated carbocycles. The third-order valence-corrected chi connectivity index (χ3v) is 5.09. The number of hydrogen-bond donors (Lipinski definition) is 2. The van der Waals surface area contributed by atoms with Crippen molar-refractivity contribution < 1.29 is 23.8 Å². The zero-order chi connectivity index (χ0) is 22.3. The molecule has 3 N–H and O–H groups in total. The van der Waals surface area contributed by atoms with Crippen LogP contribution < -0.4 is 20.8 Å². The van der Waals surface area contributed by atoms with Gasteiger partial charge in [-0.25, -0.2) is 14.5 Å². The Morgan fingerprint density at radius 3 is 2.65 bits per heavy atom. The molecule has 0 saturated heterocycles. The van der Waals surface area contributed by atoms with Gasteiger partial charge < -0.3 is 24.7 Å². The Bertz CT molecular complexity index is 1270. The summed E-state index contributed by atoms with van der Waals surface area (Å²) in [6.07, 6.45) is 1.53. The Balaban J connectivity index is 1.92. The predicted octanol–water partition coefficient (Wildman–Crippen LogP) is 2.08. The molecule has 10 heteroatoms. The Labute approximate surface area is 176 Å². The first-order valence-electron chi connectivity index (χ1n) is 9.35. The van der Waals surface area contributed by atoms with Crippen LogP contribution in [-0.2, 0) is 0 Å². The number of nitrogens with two attached hydrogens (primary N) is 1. The van der Waals surface area contributed by atoms with E-state index in [0.717, 1.165) is 5.56 Å². The lowest BCUT2D eigenvalue weighted by Gasteiger charge is -2.25. The maximum Gasteiger partial charge on any atom is 0.348 e. The van der Waals surface area contributed by atoms with Crippen molar-refractivity contribution in [3.05, 3.63) is 63.3 Å². The van der Waals surface area contributed by atoms with Gasteiger partial charge in [0.1, 0.15) is 22.6 Å². The summed E-state index contributed by atoms with van der Waals surface area (Å²) in [4.78, 5) is 28.9. The van der Waals surface area contributed by atoms with Crippen LogP contribution in [0.3, 0.4) is 0 Å². The predicted molar refractivity (Wildman–Crippen MR) is 111 cm³/mol. The second-order valence-corrected chi connectivity index (χ2v) is 6.99. The number of fused-ring (bicyclic) bond motifs is 1. The summed E-state index contributed by atoms with van der Waals surface area (Å²) < 4.78 is 17.4. The molecule has 0 aliphatic carbocycles. The highest BCUT2D eigenvalue weighted by molar-refractivity contribution is 6.06. The number of amides is 1. The molecule has 1 atom stereocenters. The van der Waals surface area contributed by atoms with Gasteiger partial charge in [0.15, 0.2) is 17.3 Å². The average molecular weight is 424 g/mol. The number of ether oxygens (including phenoxy) is 2. The standard InChI is InChI=1S/C21H20N4O6/c1-10-6-15(26)18(21(28)31-10)13-8-14(11-4-5-16(29-2)17(7-11)30-3)25-20(24-13)12(9-23-25)19(22)27/h4-7,9,14,26H,8H2,1-3H3,(H2,22,27)/t14-/m1/s1. The molecule has 2 aromatic heterocycles. The smallest absolute Gasteiger partial charge is 0.348 e. The van der Waals surface area contributed by atoms with Gasteiger partial charge in [-0.15, -0.1) is 0 Å². The van der Waals surface area contributed by atoms with E-state index in [1.165, 1.54) is 26.5 Å². The van der Waals surface area contributed by atoms with E-state index in [9.17, 15) is 14.7 Å². The lowest BCUT2D eigenvalue weighted by molar-refractivity contribution is 0.100. The molecule has 1 aliphatic rings. The maximum atomic E-state index is 12.5. The first-order chi connectivity index (χ1) is 14.8. The minimum absolute atomic E-state index is 0.0704. The van der Waals surface area contributed by atoms with Crippen molar-refractivity contribution in [2.75, 3.05) is 14.2 Å². The number of benzene rings is 1. The zero-order valence-electron chi connectivity index (χ0n) is 17.1. The summed E-state index contributed by atoms with van der Waals surface area (Å²) in [5.41, 5.74) is 5.80. The Morgan fingerprint density at radius 2 is 2.00 bits per heavy atom. The van der Waals surface area contributed by atoms with Gasteiger partial charge in [0.25, 0.3) is 5.91 Å². The minimum atomic E-state index is -0.726. The van der Waals surface area contributed by atoms with Gasteiger partial charge in [-0.2, -0.15) is 5.10 Å². The third-order valence-electron chi connectivity index (χ3n) is 5.09. The fourth-order valence-electron chi connectivity index (χ4n) is 3.65. The number of rotatable bonds is 5. The van der Waals surface area contributed by atoms with Crippen LogP contribution in [-0.4, -0.2) is 40.7 Å². The van der Waals surface area contributed by atoms with Gasteiger partial charge in [0.2, 0.25) is 0 Å². The van der Waals surface area contributed by atoms with Crippen LogP contribution in [0.25, 0.3) is 0 Å². The van der Waals surface area contributed by atoms with E-state index in [2.05, 4.69) is 10.1 Å². The quantitative estimate of drug-likeness (QED) is 0.638. The van der Waals surface area contributed by atoms with E-state index in [4.69, 9.17) is 19.6 Å². The molecule has 3 heterocycles. The minimum Gasteiger partial charge on any atom is -0.507 e. The average Bonchev–Trinajstić information content (AvgIpc) is 3.16. The third kappa shape index (κ3) is 3.41. The summed E-state index contributed by atoms with van der Waals surface area (Å²) in [5.74, 6) is 0.538. The molecule has 0 bridgehead atoms. The molecule has 4 rings (SSSR count). The second-order valence-electron chi connectivity index (χ2n) is 6.99. The SMILES string of the molecule is COc1ccc([C@H]2CC(c3c(O)cc(C)oc3=O)=Nc3c(C(N)=O)cnn32)cc1OC. The molecule has 160 valence electrons. The number of nitrogens with zero attached hydrogens (tertiary/aromatic N) is 3. The number of aliphatic imine (C=N–C) groups is 1. The van der Waals surface area contributed by atoms with E-state index in [0.29, 0.717) is 11.5 Å². The van der Waals surface area contributed by atoms with Gasteiger partial charge in [-0.3, -0.25) is 4.79 Å². The Morgan fingerprint density at radius 1 is 1.26 bits per heavy atom. The van der Waals surface area contributed by atoms with E-state index in [1.807, 2.05) is 6.07 Å².